The van der Waals surface area contributed by atoms with Crippen molar-refractivity contribution in [2.45, 2.75) is 32.6 Å². The minimum atomic E-state index is -0.822. The Bertz CT molecular complexity index is 481. The molecule has 0 radical (unpaired) electrons. The Morgan fingerprint density at radius 1 is 1.22 bits per heavy atom. The van der Waals surface area contributed by atoms with Gasteiger partial charge in [0.05, 0.1) is 11.3 Å². The number of carboxylic acids is 1. The predicted octanol–water partition coefficient (Wildman–Crippen LogP) is 3.07. The summed E-state index contributed by atoms with van der Waals surface area (Å²) in [5.74, 6) is -0.822. The summed E-state index contributed by atoms with van der Waals surface area (Å²) in [4.78, 5) is 13.5. The molecular weight excluding hydrogens is 226 g/mol. The summed E-state index contributed by atoms with van der Waals surface area (Å²) >= 11 is 0. The molecule has 1 aromatic rings. The van der Waals surface area contributed by atoms with Crippen molar-refractivity contribution in [2.24, 2.45) is 5.41 Å². The van der Waals surface area contributed by atoms with Gasteiger partial charge in [-0.05, 0) is 55.7 Å². The molecule has 3 heteroatoms. The number of hydrogen-bond acceptors (Lipinski definition) is 2. The summed E-state index contributed by atoms with van der Waals surface area (Å²) in [6, 6.07) is 5.61. The Kier molecular flexibility index (Phi) is 2.58. The molecule has 1 heterocycles. The number of aryl methyl sites for hydroxylation is 1. The molecule has 1 saturated carbocycles. The first-order valence-corrected chi connectivity index (χ1v) is 6.69. The second-order valence-corrected chi connectivity index (χ2v) is 5.81. The molecule has 1 aromatic carbocycles. The lowest BCUT2D eigenvalue weighted by molar-refractivity contribution is 0.0697. The third kappa shape index (κ3) is 1.98. The summed E-state index contributed by atoms with van der Waals surface area (Å²) in [6.45, 7) is 4.02. The van der Waals surface area contributed by atoms with E-state index in [2.05, 4.69) is 4.90 Å². The van der Waals surface area contributed by atoms with Crippen LogP contribution in [0.15, 0.2) is 18.2 Å². The predicted molar refractivity (Wildman–Crippen MR) is 71.3 cm³/mol. The van der Waals surface area contributed by atoms with Crippen molar-refractivity contribution >= 4 is 11.7 Å². The topological polar surface area (TPSA) is 40.5 Å². The molecule has 3 nitrogen and oxygen atoms in total. The number of aromatic carboxylic acids is 1. The van der Waals surface area contributed by atoms with Gasteiger partial charge in [0, 0.05) is 13.1 Å². The Morgan fingerprint density at radius 2 is 1.89 bits per heavy atom. The van der Waals surface area contributed by atoms with Crippen molar-refractivity contribution in [2.75, 3.05) is 18.0 Å². The fourth-order valence-corrected chi connectivity index (χ4v) is 2.98. The lowest BCUT2D eigenvalue weighted by atomic mass is 9.93. The number of anilines is 1. The molecule has 3 rings (SSSR count). The number of nitrogens with zero attached hydrogens (tertiary/aromatic N) is 1. The van der Waals surface area contributed by atoms with E-state index in [1.165, 1.54) is 25.7 Å². The van der Waals surface area contributed by atoms with Crippen LogP contribution in [0, 0.1) is 12.3 Å². The second kappa shape index (κ2) is 4.01. The molecular formula is C15H19NO2. The van der Waals surface area contributed by atoms with Gasteiger partial charge in [0.1, 0.15) is 0 Å². The monoisotopic (exact) mass is 245 g/mol. The zero-order valence-electron chi connectivity index (χ0n) is 10.8. The minimum absolute atomic E-state index is 0.437. The fourth-order valence-electron chi connectivity index (χ4n) is 2.98. The lowest BCUT2D eigenvalue weighted by Gasteiger charge is -2.34. The smallest absolute Gasteiger partial charge is 0.337 e. The zero-order chi connectivity index (χ0) is 12.8. The molecule has 2 aliphatic rings. The molecule has 0 unspecified atom stereocenters. The average Bonchev–Trinajstić information content (AvgIpc) is 3.09. The summed E-state index contributed by atoms with van der Waals surface area (Å²) in [5, 5.41) is 9.28. The molecule has 0 bridgehead atoms. The molecule has 0 amide bonds. The van der Waals surface area contributed by atoms with Crippen LogP contribution in [0.2, 0.25) is 0 Å². The van der Waals surface area contributed by atoms with Crippen molar-refractivity contribution in [3.63, 3.8) is 0 Å². The van der Waals surface area contributed by atoms with Crippen LogP contribution < -0.4 is 4.90 Å². The maximum absolute atomic E-state index is 11.3. The Balaban J connectivity index is 1.86. The highest BCUT2D eigenvalue weighted by atomic mass is 16.4. The van der Waals surface area contributed by atoms with Crippen LogP contribution in [0.4, 0.5) is 5.69 Å². The minimum Gasteiger partial charge on any atom is -0.478 e. The van der Waals surface area contributed by atoms with E-state index in [-0.39, 0.29) is 0 Å². The third-order valence-corrected chi connectivity index (χ3v) is 4.51. The van der Waals surface area contributed by atoms with Crippen molar-refractivity contribution in [3.8, 4) is 0 Å². The van der Waals surface area contributed by atoms with Gasteiger partial charge in [-0.25, -0.2) is 4.79 Å². The molecule has 1 aliphatic carbocycles. The molecule has 96 valence electrons. The number of carbonyl (C=O) groups is 1. The standard InChI is InChI=1S/C15H19NO2/c1-11-2-3-12(14(17)18)13(10-11)16-8-6-15(4-5-15)7-9-16/h2-3,10H,4-9H2,1H3,(H,17,18). The van der Waals surface area contributed by atoms with E-state index in [1.807, 2.05) is 19.1 Å². The maximum Gasteiger partial charge on any atom is 0.337 e. The van der Waals surface area contributed by atoms with E-state index in [0.29, 0.717) is 11.0 Å². The number of piperidine rings is 1. The number of benzene rings is 1. The third-order valence-electron chi connectivity index (χ3n) is 4.51. The Hall–Kier alpha value is -1.51. The molecule has 1 spiro atoms. The van der Waals surface area contributed by atoms with Crippen LogP contribution in [-0.4, -0.2) is 24.2 Å². The van der Waals surface area contributed by atoms with Crippen molar-refractivity contribution < 1.29 is 9.90 Å². The normalized spacial score (nSPS) is 21.1. The van der Waals surface area contributed by atoms with Gasteiger partial charge in [0.15, 0.2) is 0 Å². The summed E-state index contributed by atoms with van der Waals surface area (Å²) in [6.07, 6.45) is 5.20. The van der Waals surface area contributed by atoms with Crippen LogP contribution in [0.1, 0.15) is 41.6 Å². The van der Waals surface area contributed by atoms with Crippen LogP contribution in [0.25, 0.3) is 0 Å². The van der Waals surface area contributed by atoms with E-state index < -0.39 is 5.97 Å². The van der Waals surface area contributed by atoms with Gasteiger partial charge >= 0.3 is 5.97 Å². The van der Waals surface area contributed by atoms with E-state index in [4.69, 9.17) is 0 Å². The highest BCUT2D eigenvalue weighted by molar-refractivity contribution is 5.94. The molecule has 18 heavy (non-hydrogen) atoms. The number of rotatable bonds is 2. The molecule has 1 N–H and O–H groups in total. The van der Waals surface area contributed by atoms with Crippen LogP contribution in [0.3, 0.4) is 0 Å². The largest absolute Gasteiger partial charge is 0.478 e. The highest BCUT2D eigenvalue weighted by Crippen LogP contribution is 2.54. The van der Waals surface area contributed by atoms with E-state index in [1.54, 1.807) is 6.07 Å². The van der Waals surface area contributed by atoms with Gasteiger partial charge in [-0.1, -0.05) is 6.07 Å². The fraction of sp³-hybridized carbons (Fsp3) is 0.533. The van der Waals surface area contributed by atoms with E-state index in [9.17, 15) is 9.90 Å². The number of hydrogen-bond donors (Lipinski definition) is 1. The Labute approximate surface area is 107 Å². The second-order valence-electron chi connectivity index (χ2n) is 5.81. The van der Waals surface area contributed by atoms with Gasteiger partial charge in [0.25, 0.3) is 0 Å². The zero-order valence-corrected chi connectivity index (χ0v) is 10.8. The molecule has 0 aromatic heterocycles. The SMILES string of the molecule is Cc1ccc(C(=O)O)c(N2CCC3(CC2)CC3)c1. The lowest BCUT2D eigenvalue weighted by Crippen LogP contribution is -2.35. The average molecular weight is 245 g/mol. The first kappa shape index (κ1) is 11.6. The van der Waals surface area contributed by atoms with Crippen LogP contribution in [-0.2, 0) is 0 Å². The van der Waals surface area contributed by atoms with Crippen molar-refractivity contribution in [1.82, 2.24) is 0 Å². The Morgan fingerprint density at radius 3 is 2.44 bits per heavy atom. The van der Waals surface area contributed by atoms with E-state index >= 15 is 0 Å². The summed E-state index contributed by atoms with van der Waals surface area (Å²) < 4.78 is 0. The number of carboxylic acid groups (broad SMARTS) is 1. The van der Waals surface area contributed by atoms with Gasteiger partial charge in [-0.2, -0.15) is 0 Å². The van der Waals surface area contributed by atoms with Crippen LogP contribution in [0.5, 0.6) is 0 Å². The molecule has 1 aliphatic heterocycles. The quantitative estimate of drug-likeness (QED) is 0.870. The van der Waals surface area contributed by atoms with Gasteiger partial charge in [-0.15, -0.1) is 0 Å². The first-order chi connectivity index (χ1) is 8.60. The first-order valence-electron chi connectivity index (χ1n) is 6.69. The van der Waals surface area contributed by atoms with Gasteiger partial charge in [0.2, 0.25) is 0 Å². The highest BCUT2D eigenvalue weighted by Gasteiger charge is 2.44. The summed E-state index contributed by atoms with van der Waals surface area (Å²) in [5.41, 5.74) is 3.09. The summed E-state index contributed by atoms with van der Waals surface area (Å²) in [7, 11) is 0. The molecule has 0 atom stereocenters. The van der Waals surface area contributed by atoms with Gasteiger partial charge in [-0.3, -0.25) is 0 Å². The maximum atomic E-state index is 11.3. The van der Waals surface area contributed by atoms with Gasteiger partial charge < -0.3 is 10.0 Å². The van der Waals surface area contributed by atoms with Crippen molar-refractivity contribution in [1.29, 1.82) is 0 Å². The van der Waals surface area contributed by atoms with Crippen LogP contribution >= 0.6 is 0 Å². The van der Waals surface area contributed by atoms with Crippen molar-refractivity contribution in [3.05, 3.63) is 29.3 Å². The molecule has 2 fully saturated rings. The molecule has 1 saturated heterocycles. The van der Waals surface area contributed by atoms with E-state index in [0.717, 1.165) is 24.3 Å².